The van der Waals surface area contributed by atoms with E-state index < -0.39 is 17.9 Å². The van der Waals surface area contributed by atoms with Crippen molar-refractivity contribution in [2.45, 2.75) is 79.2 Å². The monoisotopic (exact) mass is 556 g/mol. The van der Waals surface area contributed by atoms with Gasteiger partial charge in [-0.1, -0.05) is 0 Å². The van der Waals surface area contributed by atoms with Gasteiger partial charge in [-0.2, -0.15) is 0 Å². The molecule has 0 amide bonds. The number of esters is 2. The molecule has 1 fully saturated rings. The van der Waals surface area contributed by atoms with Crippen LogP contribution in [0.5, 0.6) is 0 Å². The summed E-state index contributed by atoms with van der Waals surface area (Å²) in [6.45, 7) is 8.40. The number of hydrogen-bond acceptors (Lipinski definition) is 10. The van der Waals surface area contributed by atoms with Crippen LogP contribution in [0.3, 0.4) is 0 Å². The van der Waals surface area contributed by atoms with Gasteiger partial charge in [-0.3, -0.25) is 24.0 Å². The molecule has 212 valence electrons. The van der Waals surface area contributed by atoms with Crippen molar-refractivity contribution in [3.05, 3.63) is 22.5 Å². The van der Waals surface area contributed by atoms with Crippen LogP contribution in [0.1, 0.15) is 91.9 Å². The lowest BCUT2D eigenvalue weighted by Gasteiger charge is -2.15. The van der Waals surface area contributed by atoms with Gasteiger partial charge >= 0.3 is 11.9 Å². The molecule has 0 spiro atoms. The quantitative estimate of drug-likeness (QED) is 0.390. The van der Waals surface area contributed by atoms with Crippen LogP contribution in [0.25, 0.3) is 0 Å². The van der Waals surface area contributed by atoms with E-state index in [0.29, 0.717) is 43.5 Å². The molecule has 11 nitrogen and oxygen atoms in total. The Labute approximate surface area is 228 Å². The topological polar surface area (TPSA) is 180 Å². The molecule has 0 saturated heterocycles. The fraction of sp³-hybridized carbons (Fsp3) is 0.577. The van der Waals surface area contributed by atoms with Gasteiger partial charge in [0.05, 0.1) is 13.2 Å². The molecule has 0 aliphatic heterocycles. The Kier molecular flexibility index (Phi) is 15.2. The van der Waals surface area contributed by atoms with Crippen molar-refractivity contribution < 1.29 is 43.0 Å². The summed E-state index contributed by atoms with van der Waals surface area (Å²) in [5.41, 5.74) is 7.91. The number of carbonyl (C=O) groups is 7. The van der Waals surface area contributed by atoms with E-state index in [1.165, 1.54) is 13.8 Å². The van der Waals surface area contributed by atoms with Gasteiger partial charge in [0.25, 0.3) is 0 Å². The average molecular weight is 557 g/mol. The summed E-state index contributed by atoms with van der Waals surface area (Å²) < 4.78 is 9.44. The van der Waals surface area contributed by atoms with Crippen molar-refractivity contribution in [2.24, 2.45) is 11.7 Å². The first-order chi connectivity index (χ1) is 17.4. The van der Waals surface area contributed by atoms with E-state index in [0.717, 1.165) is 24.1 Å². The first kappa shape index (κ1) is 34.8. The minimum Gasteiger partial charge on any atom is -0.464 e. The summed E-state index contributed by atoms with van der Waals surface area (Å²) >= 11 is 0. The van der Waals surface area contributed by atoms with E-state index in [-0.39, 0.29) is 53.9 Å². The van der Waals surface area contributed by atoms with Gasteiger partial charge in [-0.05, 0) is 59.4 Å². The third-order valence-corrected chi connectivity index (χ3v) is 5.76. The number of aryl methyl sites for hydroxylation is 1. The minimum atomic E-state index is -1.11. The van der Waals surface area contributed by atoms with Crippen LogP contribution >= 0.6 is 12.4 Å². The molecule has 0 radical (unpaired) electrons. The lowest BCUT2D eigenvalue weighted by molar-refractivity contribution is -0.147. The minimum absolute atomic E-state index is 0. The Morgan fingerprint density at radius 1 is 0.921 bits per heavy atom. The van der Waals surface area contributed by atoms with Gasteiger partial charge in [0, 0.05) is 30.5 Å². The summed E-state index contributed by atoms with van der Waals surface area (Å²) in [6.07, 6.45) is 3.55. The summed E-state index contributed by atoms with van der Waals surface area (Å²) in [5.74, 6) is -2.90. The summed E-state index contributed by atoms with van der Waals surface area (Å²) in [6, 6.07) is -1.11. The van der Waals surface area contributed by atoms with Gasteiger partial charge in [0.15, 0.2) is 29.2 Å². The lowest BCUT2D eigenvalue weighted by atomic mass is 9.84. The van der Waals surface area contributed by atoms with Gasteiger partial charge in [-0.25, -0.2) is 9.59 Å². The molecular formula is C26H37ClN2O9. The van der Waals surface area contributed by atoms with Crippen LogP contribution in [-0.4, -0.2) is 65.1 Å². The van der Waals surface area contributed by atoms with Crippen molar-refractivity contribution in [1.29, 1.82) is 0 Å². The zero-order valence-electron chi connectivity index (χ0n) is 22.5. The summed E-state index contributed by atoms with van der Waals surface area (Å²) in [4.78, 5) is 80.2. The molecule has 2 aliphatic carbocycles. The average Bonchev–Trinajstić information content (AvgIpc) is 3.17. The van der Waals surface area contributed by atoms with Crippen LogP contribution in [0.15, 0.2) is 0 Å². The smallest absolute Gasteiger partial charge is 0.355 e. The van der Waals surface area contributed by atoms with Crippen molar-refractivity contribution >= 4 is 53.3 Å². The maximum absolute atomic E-state index is 11.7. The molecule has 3 N–H and O–H groups in total. The molecule has 1 heterocycles. The Balaban J connectivity index is 0.000000556. The zero-order chi connectivity index (χ0) is 28.3. The van der Waals surface area contributed by atoms with Crippen molar-refractivity contribution in [1.82, 2.24) is 4.98 Å². The van der Waals surface area contributed by atoms with Gasteiger partial charge in [-0.15, -0.1) is 12.4 Å². The third kappa shape index (κ3) is 9.60. The maximum atomic E-state index is 11.7. The van der Waals surface area contributed by atoms with E-state index in [9.17, 15) is 33.6 Å². The van der Waals surface area contributed by atoms with E-state index in [1.54, 1.807) is 13.8 Å². The molecule has 3 rings (SSSR count). The van der Waals surface area contributed by atoms with Crippen LogP contribution in [0, 0.1) is 12.8 Å². The number of aromatic amines is 1. The molecule has 1 aromatic heterocycles. The highest BCUT2D eigenvalue weighted by molar-refractivity contribution is 6.19. The number of ether oxygens (including phenoxy) is 2. The molecule has 12 heteroatoms. The standard InChI is InChI=1S/C12H15NO3.C8H10O3.C6H11NO3.ClH/c1-3-16-12(15)11-8-5-4-6-9(14)10(8)7(2)13-11;1-5(9)8-6(10)3-2-4-7(8)11;1-3-10-6(9)5(7)4(2)8;/h13H,3-6H2,1-2H3;8H,2-4H2,1H3;5H,3,7H2,1-2H3;1H. The fourth-order valence-electron chi connectivity index (χ4n) is 3.99. The number of fused-ring (bicyclic) bond motifs is 1. The molecule has 1 aromatic rings. The van der Waals surface area contributed by atoms with Crippen LogP contribution < -0.4 is 5.73 Å². The number of hydrogen-bond donors (Lipinski definition) is 2. The third-order valence-electron chi connectivity index (χ3n) is 5.76. The first-order valence-corrected chi connectivity index (χ1v) is 12.3. The number of Topliss-reactive ketones (excluding diaryl/α,β-unsaturated/α-hetero) is 5. The van der Waals surface area contributed by atoms with Gasteiger partial charge < -0.3 is 20.2 Å². The SMILES string of the molecule is CC(=O)C1C(=O)CCCC1=O.CCOC(=O)C(N)C(C)=O.CCOC(=O)c1[nH]c(C)c2c1CCCC2=O.Cl. The zero-order valence-corrected chi connectivity index (χ0v) is 23.3. The molecule has 1 saturated carbocycles. The normalized spacial score (nSPS) is 15.4. The summed E-state index contributed by atoms with van der Waals surface area (Å²) in [7, 11) is 0. The Bertz CT molecular complexity index is 1050. The van der Waals surface area contributed by atoms with Gasteiger partial charge in [0.2, 0.25) is 0 Å². The van der Waals surface area contributed by atoms with Gasteiger partial charge in [0.1, 0.15) is 17.4 Å². The van der Waals surface area contributed by atoms with Crippen molar-refractivity contribution in [3.63, 3.8) is 0 Å². The van der Waals surface area contributed by atoms with Crippen LogP contribution in [0.4, 0.5) is 0 Å². The first-order valence-electron chi connectivity index (χ1n) is 12.3. The van der Waals surface area contributed by atoms with E-state index in [2.05, 4.69) is 9.72 Å². The molecule has 0 bridgehead atoms. The molecule has 38 heavy (non-hydrogen) atoms. The molecule has 1 unspecified atom stereocenters. The Morgan fingerprint density at radius 2 is 1.45 bits per heavy atom. The fourth-order valence-corrected chi connectivity index (χ4v) is 3.99. The predicted octanol–water partition coefficient (Wildman–Crippen LogP) is 2.42. The highest BCUT2D eigenvalue weighted by Crippen LogP contribution is 2.27. The summed E-state index contributed by atoms with van der Waals surface area (Å²) in [5, 5.41) is 0. The number of nitrogens with one attached hydrogen (secondary N) is 1. The molecule has 1 atom stereocenters. The number of ketones is 5. The number of aromatic nitrogens is 1. The second-order valence-corrected chi connectivity index (χ2v) is 8.65. The highest BCUT2D eigenvalue weighted by atomic mass is 35.5. The van der Waals surface area contributed by atoms with Crippen molar-refractivity contribution in [3.8, 4) is 0 Å². The highest BCUT2D eigenvalue weighted by Gasteiger charge is 2.33. The number of carbonyl (C=O) groups excluding carboxylic acids is 7. The maximum Gasteiger partial charge on any atom is 0.355 e. The van der Waals surface area contributed by atoms with E-state index in [4.69, 9.17) is 10.5 Å². The van der Waals surface area contributed by atoms with E-state index in [1.807, 2.05) is 6.92 Å². The van der Waals surface area contributed by atoms with E-state index >= 15 is 0 Å². The number of rotatable bonds is 6. The predicted molar refractivity (Wildman–Crippen MR) is 139 cm³/mol. The molecule has 2 aliphatic rings. The largest absolute Gasteiger partial charge is 0.464 e. The number of H-pyrrole nitrogens is 1. The Hall–Kier alpha value is -3.18. The molecule has 0 aromatic carbocycles. The number of nitrogens with two attached hydrogens (primary N) is 1. The van der Waals surface area contributed by atoms with Crippen molar-refractivity contribution in [2.75, 3.05) is 13.2 Å². The Morgan fingerprint density at radius 3 is 1.89 bits per heavy atom. The van der Waals surface area contributed by atoms with Crippen LogP contribution in [0.2, 0.25) is 0 Å². The lowest BCUT2D eigenvalue weighted by Crippen LogP contribution is -2.38. The number of halogens is 1. The second-order valence-electron chi connectivity index (χ2n) is 8.65. The second kappa shape index (κ2) is 16.6. The van der Waals surface area contributed by atoms with Crippen LogP contribution in [-0.2, 0) is 39.9 Å². The molecular weight excluding hydrogens is 520 g/mol.